The van der Waals surface area contributed by atoms with Crippen LogP contribution in [0, 0.1) is 5.92 Å². The summed E-state index contributed by atoms with van der Waals surface area (Å²) in [5.74, 6) is -0.0874. The summed E-state index contributed by atoms with van der Waals surface area (Å²) in [4.78, 5) is 25.7. The SMILES string of the molecule is NCC1CCN(C(=O)CNC(=O)c2ccc(Cl)c(Cl)c2)C1. The number of halogens is 2. The molecular weight excluding hydrogens is 313 g/mol. The molecule has 0 bridgehead atoms. The number of nitrogens with two attached hydrogens (primary N) is 1. The standard InChI is InChI=1S/C14H17Cl2N3O2/c15-11-2-1-10(5-12(11)16)14(21)18-7-13(20)19-4-3-9(6-17)8-19/h1-2,5,9H,3-4,6-8,17H2,(H,18,21). The number of nitrogens with zero attached hydrogens (tertiary/aromatic N) is 1. The van der Waals surface area contributed by atoms with Crippen LogP contribution in [0.5, 0.6) is 0 Å². The number of hydrogen-bond donors (Lipinski definition) is 2. The summed E-state index contributed by atoms with van der Waals surface area (Å²) in [6, 6.07) is 4.59. The summed E-state index contributed by atoms with van der Waals surface area (Å²) in [5.41, 5.74) is 5.96. The molecule has 0 spiro atoms. The van der Waals surface area contributed by atoms with Crippen molar-refractivity contribution in [3.05, 3.63) is 33.8 Å². The molecule has 0 radical (unpaired) electrons. The molecule has 1 aromatic rings. The maximum Gasteiger partial charge on any atom is 0.251 e. The van der Waals surface area contributed by atoms with Gasteiger partial charge in [-0.05, 0) is 37.1 Å². The molecule has 1 aliphatic heterocycles. The zero-order valence-corrected chi connectivity index (χ0v) is 13.0. The predicted molar refractivity (Wildman–Crippen MR) is 82.5 cm³/mol. The van der Waals surface area contributed by atoms with Crippen LogP contribution in [0.4, 0.5) is 0 Å². The lowest BCUT2D eigenvalue weighted by molar-refractivity contribution is -0.129. The van der Waals surface area contributed by atoms with Crippen molar-refractivity contribution in [3.8, 4) is 0 Å². The third kappa shape index (κ3) is 4.09. The van der Waals surface area contributed by atoms with Crippen LogP contribution in [0.3, 0.4) is 0 Å². The minimum Gasteiger partial charge on any atom is -0.343 e. The topological polar surface area (TPSA) is 75.4 Å². The number of carbonyl (C=O) groups is 2. The van der Waals surface area contributed by atoms with Gasteiger partial charge < -0.3 is 16.0 Å². The summed E-state index contributed by atoms with van der Waals surface area (Å²) in [6.45, 7) is 1.91. The van der Waals surface area contributed by atoms with E-state index in [0.717, 1.165) is 6.42 Å². The van der Waals surface area contributed by atoms with E-state index in [2.05, 4.69) is 5.32 Å². The number of amides is 2. The predicted octanol–water partition coefficient (Wildman–Crippen LogP) is 1.53. The molecule has 0 saturated carbocycles. The van der Waals surface area contributed by atoms with Crippen LogP contribution < -0.4 is 11.1 Å². The van der Waals surface area contributed by atoms with Crippen molar-refractivity contribution >= 4 is 35.0 Å². The first kappa shape index (κ1) is 16.1. The highest BCUT2D eigenvalue weighted by Gasteiger charge is 2.25. The average molecular weight is 330 g/mol. The van der Waals surface area contributed by atoms with E-state index in [1.165, 1.54) is 6.07 Å². The van der Waals surface area contributed by atoms with E-state index in [1.807, 2.05) is 0 Å². The molecule has 21 heavy (non-hydrogen) atoms. The second-order valence-electron chi connectivity index (χ2n) is 5.04. The van der Waals surface area contributed by atoms with Crippen LogP contribution in [-0.4, -0.2) is 42.9 Å². The lowest BCUT2D eigenvalue weighted by atomic mass is 10.1. The Kier molecular flexibility index (Phi) is 5.45. The Morgan fingerprint density at radius 3 is 2.71 bits per heavy atom. The number of benzene rings is 1. The molecule has 1 saturated heterocycles. The number of hydrogen-bond acceptors (Lipinski definition) is 3. The molecule has 1 unspecified atom stereocenters. The number of rotatable bonds is 4. The highest BCUT2D eigenvalue weighted by molar-refractivity contribution is 6.42. The smallest absolute Gasteiger partial charge is 0.251 e. The van der Waals surface area contributed by atoms with Crippen LogP contribution in [0.15, 0.2) is 18.2 Å². The van der Waals surface area contributed by atoms with Crippen molar-refractivity contribution < 1.29 is 9.59 Å². The Balaban J connectivity index is 1.86. The van der Waals surface area contributed by atoms with Gasteiger partial charge in [0.15, 0.2) is 0 Å². The fourth-order valence-corrected chi connectivity index (χ4v) is 2.56. The van der Waals surface area contributed by atoms with Crippen LogP contribution in [-0.2, 0) is 4.79 Å². The van der Waals surface area contributed by atoms with E-state index >= 15 is 0 Å². The molecule has 1 fully saturated rings. The summed E-state index contributed by atoms with van der Waals surface area (Å²) >= 11 is 11.6. The van der Waals surface area contributed by atoms with Gasteiger partial charge in [-0.2, -0.15) is 0 Å². The molecule has 2 rings (SSSR count). The molecule has 1 atom stereocenters. The van der Waals surface area contributed by atoms with E-state index in [-0.39, 0.29) is 18.4 Å². The first-order valence-electron chi connectivity index (χ1n) is 6.72. The summed E-state index contributed by atoms with van der Waals surface area (Å²) < 4.78 is 0. The molecule has 114 valence electrons. The third-order valence-electron chi connectivity index (χ3n) is 3.55. The van der Waals surface area contributed by atoms with Gasteiger partial charge in [-0.25, -0.2) is 0 Å². The molecule has 1 heterocycles. The number of nitrogens with one attached hydrogen (secondary N) is 1. The normalized spacial score (nSPS) is 17.9. The van der Waals surface area contributed by atoms with Crippen LogP contribution in [0.2, 0.25) is 10.0 Å². The van der Waals surface area contributed by atoms with Gasteiger partial charge in [0.05, 0.1) is 16.6 Å². The molecule has 3 N–H and O–H groups in total. The first-order chi connectivity index (χ1) is 10.0. The highest BCUT2D eigenvalue weighted by Crippen LogP contribution is 2.22. The van der Waals surface area contributed by atoms with Gasteiger partial charge >= 0.3 is 0 Å². The van der Waals surface area contributed by atoms with Gasteiger partial charge in [-0.1, -0.05) is 23.2 Å². The van der Waals surface area contributed by atoms with Crippen LogP contribution in [0.1, 0.15) is 16.8 Å². The Labute approximate surface area is 133 Å². The average Bonchev–Trinajstić information content (AvgIpc) is 2.96. The Morgan fingerprint density at radius 1 is 1.33 bits per heavy atom. The van der Waals surface area contributed by atoms with E-state index in [1.54, 1.807) is 17.0 Å². The van der Waals surface area contributed by atoms with Gasteiger partial charge in [0.1, 0.15) is 0 Å². The minimum absolute atomic E-state index is 0.0314. The Morgan fingerprint density at radius 2 is 2.10 bits per heavy atom. The van der Waals surface area contributed by atoms with Crippen molar-refractivity contribution in [3.63, 3.8) is 0 Å². The lowest BCUT2D eigenvalue weighted by Gasteiger charge is -2.16. The molecule has 2 amide bonds. The van der Waals surface area contributed by atoms with Gasteiger partial charge in [0.2, 0.25) is 5.91 Å². The van der Waals surface area contributed by atoms with Crippen LogP contribution >= 0.6 is 23.2 Å². The van der Waals surface area contributed by atoms with Gasteiger partial charge in [0.25, 0.3) is 5.91 Å². The van der Waals surface area contributed by atoms with E-state index in [4.69, 9.17) is 28.9 Å². The maximum atomic E-state index is 12.0. The zero-order valence-electron chi connectivity index (χ0n) is 11.4. The van der Waals surface area contributed by atoms with E-state index in [9.17, 15) is 9.59 Å². The largest absolute Gasteiger partial charge is 0.343 e. The molecular formula is C14H17Cl2N3O2. The summed E-state index contributed by atoms with van der Waals surface area (Å²) in [6.07, 6.45) is 0.920. The molecule has 0 aromatic heterocycles. The van der Waals surface area contributed by atoms with Gasteiger partial charge in [0, 0.05) is 18.7 Å². The fourth-order valence-electron chi connectivity index (χ4n) is 2.26. The minimum atomic E-state index is -0.350. The van der Waals surface area contributed by atoms with Crippen molar-refractivity contribution in [1.82, 2.24) is 10.2 Å². The molecule has 5 nitrogen and oxygen atoms in total. The summed E-state index contributed by atoms with van der Waals surface area (Å²) in [7, 11) is 0. The Hall–Kier alpha value is -1.30. The van der Waals surface area contributed by atoms with Crippen molar-refractivity contribution in [2.45, 2.75) is 6.42 Å². The molecule has 1 aliphatic rings. The Bertz CT molecular complexity index is 551. The second-order valence-corrected chi connectivity index (χ2v) is 5.86. The molecule has 0 aliphatic carbocycles. The second kappa shape index (κ2) is 7.11. The molecule has 1 aromatic carbocycles. The van der Waals surface area contributed by atoms with Crippen molar-refractivity contribution in [2.75, 3.05) is 26.2 Å². The van der Waals surface area contributed by atoms with E-state index < -0.39 is 0 Å². The number of likely N-dealkylation sites (tertiary alicyclic amines) is 1. The van der Waals surface area contributed by atoms with E-state index in [0.29, 0.717) is 41.2 Å². The van der Waals surface area contributed by atoms with Gasteiger partial charge in [-0.3, -0.25) is 9.59 Å². The zero-order chi connectivity index (χ0) is 15.4. The maximum absolute atomic E-state index is 12.0. The fraction of sp³-hybridized carbons (Fsp3) is 0.429. The van der Waals surface area contributed by atoms with Gasteiger partial charge in [-0.15, -0.1) is 0 Å². The lowest BCUT2D eigenvalue weighted by Crippen LogP contribution is -2.39. The quantitative estimate of drug-likeness (QED) is 0.879. The van der Waals surface area contributed by atoms with Crippen molar-refractivity contribution in [2.24, 2.45) is 11.7 Å². The highest BCUT2D eigenvalue weighted by atomic mass is 35.5. The summed E-state index contributed by atoms with van der Waals surface area (Å²) in [5, 5.41) is 3.28. The molecule has 7 heteroatoms. The monoisotopic (exact) mass is 329 g/mol. The third-order valence-corrected chi connectivity index (χ3v) is 4.29. The number of carbonyl (C=O) groups excluding carboxylic acids is 2. The van der Waals surface area contributed by atoms with Crippen LogP contribution in [0.25, 0.3) is 0 Å². The van der Waals surface area contributed by atoms with Crippen molar-refractivity contribution in [1.29, 1.82) is 0 Å². The first-order valence-corrected chi connectivity index (χ1v) is 7.48.